The lowest BCUT2D eigenvalue weighted by molar-refractivity contribution is 0.953. The summed E-state index contributed by atoms with van der Waals surface area (Å²) in [4.78, 5) is 9.14. The van der Waals surface area contributed by atoms with Crippen LogP contribution in [0, 0.1) is 19.8 Å². The maximum Gasteiger partial charge on any atom is 0.150 e. The highest BCUT2D eigenvalue weighted by atomic mass is 14.9. The molecule has 0 amide bonds. The zero-order valence-electron chi connectivity index (χ0n) is 16.4. The smallest absolute Gasteiger partial charge is 0.150 e. The largest absolute Gasteiger partial charge is 0.382 e. The number of aromatic nitrogens is 2. The van der Waals surface area contributed by atoms with Crippen molar-refractivity contribution in [2.45, 2.75) is 33.1 Å². The van der Waals surface area contributed by atoms with Crippen LogP contribution < -0.4 is 5.73 Å². The third-order valence-electron chi connectivity index (χ3n) is 5.14. The van der Waals surface area contributed by atoms with Crippen LogP contribution in [0.4, 0.5) is 5.82 Å². The van der Waals surface area contributed by atoms with Crippen LogP contribution in [0.3, 0.4) is 0 Å². The summed E-state index contributed by atoms with van der Waals surface area (Å²) >= 11 is 0. The molecule has 0 spiro atoms. The third kappa shape index (κ3) is 3.84. The molecule has 2 N–H and O–H groups in total. The van der Waals surface area contributed by atoms with Crippen LogP contribution in [0.25, 0.3) is 21.8 Å². The van der Waals surface area contributed by atoms with Gasteiger partial charge in [-0.2, -0.15) is 0 Å². The molecule has 2 radical (unpaired) electrons. The first-order valence-electron chi connectivity index (χ1n) is 9.78. The summed E-state index contributed by atoms with van der Waals surface area (Å²) in [5.41, 5.74) is 12.9. The Balaban J connectivity index is 1.58. The number of hydrogen-bond acceptors (Lipinski definition) is 3. The van der Waals surface area contributed by atoms with Gasteiger partial charge in [-0.05, 0) is 73.4 Å². The first-order chi connectivity index (χ1) is 13.6. The summed E-state index contributed by atoms with van der Waals surface area (Å²) in [6.07, 6.45) is 9.28. The number of nitrogen functional groups attached to an aromatic ring is 1. The van der Waals surface area contributed by atoms with Gasteiger partial charge in [0.2, 0.25) is 0 Å². The Bertz CT molecular complexity index is 1110. The molecule has 0 aliphatic carbocycles. The molecule has 2 heterocycles. The molecule has 0 fully saturated rings. The number of nitrogens with zero attached hydrogens (tertiary/aromatic N) is 2. The lowest BCUT2D eigenvalue weighted by Crippen LogP contribution is -1.98. The minimum absolute atomic E-state index is 0.496. The van der Waals surface area contributed by atoms with Gasteiger partial charge in [0.25, 0.3) is 0 Å². The van der Waals surface area contributed by atoms with Crippen LogP contribution in [-0.2, 0) is 12.8 Å². The molecule has 0 saturated heterocycles. The number of unbranched alkanes of at least 4 members (excludes halogenated alkanes) is 1. The Morgan fingerprint density at radius 2 is 1.71 bits per heavy atom. The fraction of sp³-hybridized carbons (Fsp3) is 0.200. The predicted molar refractivity (Wildman–Crippen MR) is 118 cm³/mol. The molecule has 0 aliphatic heterocycles. The Morgan fingerprint density at radius 1 is 0.929 bits per heavy atom. The second-order valence-corrected chi connectivity index (χ2v) is 7.35. The number of aryl methyl sites for hydroxylation is 3. The van der Waals surface area contributed by atoms with Gasteiger partial charge in [0.1, 0.15) is 5.52 Å². The maximum absolute atomic E-state index is 6.16. The number of hydrogen-bond donors (Lipinski definition) is 1. The first-order valence-corrected chi connectivity index (χ1v) is 9.78. The second kappa shape index (κ2) is 7.97. The Labute approximate surface area is 166 Å². The van der Waals surface area contributed by atoms with Crippen molar-refractivity contribution in [3.8, 4) is 0 Å². The van der Waals surface area contributed by atoms with Gasteiger partial charge in [-0.1, -0.05) is 43.3 Å². The molecule has 2 aromatic carbocycles. The summed E-state index contributed by atoms with van der Waals surface area (Å²) in [5.74, 6) is 0.496. The Hall–Kier alpha value is -2.94. The molecule has 2 aromatic heterocycles. The number of pyridine rings is 2. The van der Waals surface area contributed by atoms with Crippen molar-refractivity contribution in [2.24, 2.45) is 0 Å². The second-order valence-electron chi connectivity index (χ2n) is 7.35. The van der Waals surface area contributed by atoms with E-state index in [1.807, 2.05) is 6.20 Å². The Kier molecular flexibility index (Phi) is 5.25. The number of anilines is 1. The van der Waals surface area contributed by atoms with Crippen LogP contribution in [0.2, 0.25) is 0 Å². The maximum atomic E-state index is 6.16. The molecule has 4 rings (SSSR count). The SMILES string of the molecule is C[CH]C[CH]c1ccc(CCc2cnc3c(N)nc4cc(C)ccc4c3c2)cc1. The molecular formula is C25H25N3. The van der Waals surface area contributed by atoms with Crippen LogP contribution in [0.5, 0.6) is 0 Å². The minimum Gasteiger partial charge on any atom is -0.382 e. The quantitative estimate of drug-likeness (QED) is 0.450. The third-order valence-corrected chi connectivity index (χ3v) is 5.14. The molecular weight excluding hydrogens is 342 g/mol. The van der Waals surface area contributed by atoms with Gasteiger partial charge in [0, 0.05) is 17.0 Å². The van der Waals surface area contributed by atoms with Gasteiger partial charge in [-0.15, -0.1) is 0 Å². The monoisotopic (exact) mass is 367 g/mol. The van der Waals surface area contributed by atoms with E-state index in [9.17, 15) is 0 Å². The molecule has 3 nitrogen and oxygen atoms in total. The van der Waals surface area contributed by atoms with Gasteiger partial charge < -0.3 is 5.73 Å². The highest BCUT2D eigenvalue weighted by Gasteiger charge is 2.09. The molecule has 28 heavy (non-hydrogen) atoms. The topological polar surface area (TPSA) is 51.8 Å². The van der Waals surface area contributed by atoms with Crippen LogP contribution in [0.1, 0.15) is 35.6 Å². The van der Waals surface area contributed by atoms with E-state index in [2.05, 4.69) is 85.2 Å². The number of rotatable bonds is 6. The van der Waals surface area contributed by atoms with Crippen molar-refractivity contribution in [1.29, 1.82) is 0 Å². The summed E-state index contributed by atoms with van der Waals surface area (Å²) in [6, 6.07) is 17.4. The van der Waals surface area contributed by atoms with Gasteiger partial charge >= 0.3 is 0 Å². The minimum atomic E-state index is 0.496. The first kappa shape index (κ1) is 18.4. The van der Waals surface area contributed by atoms with Crippen molar-refractivity contribution in [2.75, 3.05) is 5.73 Å². The lowest BCUT2D eigenvalue weighted by Gasteiger charge is -2.09. The highest BCUT2D eigenvalue weighted by molar-refractivity contribution is 6.08. The normalized spacial score (nSPS) is 11.4. The summed E-state index contributed by atoms with van der Waals surface area (Å²) < 4.78 is 0. The van der Waals surface area contributed by atoms with Gasteiger partial charge in [0.05, 0.1) is 5.52 Å². The zero-order chi connectivity index (χ0) is 19.5. The summed E-state index contributed by atoms with van der Waals surface area (Å²) in [5, 5.41) is 2.19. The van der Waals surface area contributed by atoms with Crippen molar-refractivity contribution in [1.82, 2.24) is 9.97 Å². The molecule has 0 aliphatic rings. The van der Waals surface area contributed by atoms with Gasteiger partial charge in [-0.25, -0.2) is 4.98 Å². The molecule has 3 heteroatoms. The van der Waals surface area contributed by atoms with Crippen molar-refractivity contribution >= 4 is 27.6 Å². The van der Waals surface area contributed by atoms with Gasteiger partial charge in [-0.3, -0.25) is 4.98 Å². The van der Waals surface area contributed by atoms with Crippen molar-refractivity contribution in [3.63, 3.8) is 0 Å². The molecule has 0 saturated carbocycles. The molecule has 0 unspecified atom stereocenters. The Morgan fingerprint density at radius 3 is 2.50 bits per heavy atom. The van der Waals surface area contributed by atoms with Crippen LogP contribution in [-0.4, -0.2) is 9.97 Å². The molecule has 4 aromatic rings. The van der Waals surface area contributed by atoms with Crippen LogP contribution in [0.15, 0.2) is 54.7 Å². The average molecular weight is 367 g/mol. The molecule has 0 atom stereocenters. The van der Waals surface area contributed by atoms with E-state index >= 15 is 0 Å². The standard InChI is InChI=1S/C25H25N3/c1-3-4-5-18-7-9-19(10-8-18)11-12-20-15-22-21-13-6-17(2)14-23(21)28-25(26)24(22)27-16-20/h3,5-10,13-16H,4,11-12H2,1-2H3,(H2,26,28). The number of benzene rings is 2. The number of fused-ring (bicyclic) bond motifs is 3. The van der Waals surface area contributed by atoms with Gasteiger partial charge in [0.15, 0.2) is 5.82 Å². The highest BCUT2D eigenvalue weighted by Crippen LogP contribution is 2.28. The van der Waals surface area contributed by atoms with E-state index in [4.69, 9.17) is 5.73 Å². The lowest BCUT2D eigenvalue weighted by atomic mass is 10.0. The fourth-order valence-electron chi connectivity index (χ4n) is 3.56. The molecule has 0 bridgehead atoms. The van der Waals surface area contributed by atoms with Crippen LogP contribution >= 0.6 is 0 Å². The van der Waals surface area contributed by atoms with Crippen molar-refractivity contribution in [3.05, 3.63) is 89.8 Å². The predicted octanol–water partition coefficient (Wildman–Crippen LogP) is 5.63. The van der Waals surface area contributed by atoms with E-state index in [1.165, 1.54) is 22.3 Å². The summed E-state index contributed by atoms with van der Waals surface area (Å²) in [7, 11) is 0. The summed E-state index contributed by atoms with van der Waals surface area (Å²) in [6.45, 7) is 4.15. The molecule has 140 valence electrons. The number of nitrogens with two attached hydrogens (primary N) is 1. The fourth-order valence-corrected chi connectivity index (χ4v) is 3.56. The van der Waals surface area contributed by atoms with E-state index in [0.29, 0.717) is 5.82 Å². The van der Waals surface area contributed by atoms with Crippen molar-refractivity contribution < 1.29 is 0 Å². The average Bonchev–Trinajstić information content (AvgIpc) is 2.71. The van der Waals surface area contributed by atoms with E-state index in [-0.39, 0.29) is 0 Å². The van der Waals surface area contributed by atoms with E-state index in [0.717, 1.165) is 41.1 Å². The van der Waals surface area contributed by atoms with E-state index < -0.39 is 0 Å². The zero-order valence-corrected chi connectivity index (χ0v) is 16.4. The van der Waals surface area contributed by atoms with E-state index in [1.54, 1.807) is 0 Å².